The minimum atomic E-state index is -0.0192. The number of nitrogens with one attached hydrogen (secondary N) is 1. The molecule has 0 spiro atoms. The minimum absolute atomic E-state index is 0.0192. The third kappa shape index (κ3) is 4.15. The van der Waals surface area contributed by atoms with Gasteiger partial charge in [-0.05, 0) is 25.9 Å². The van der Waals surface area contributed by atoms with Crippen molar-refractivity contribution in [1.82, 2.24) is 10.2 Å². The molecule has 1 N–H and O–H groups in total. The summed E-state index contributed by atoms with van der Waals surface area (Å²) in [6, 6.07) is 0. The first-order chi connectivity index (χ1) is 9.74. The average Bonchev–Trinajstić information content (AvgIpc) is 2.91. The van der Waals surface area contributed by atoms with E-state index in [0.717, 1.165) is 25.9 Å². The summed E-state index contributed by atoms with van der Waals surface area (Å²) in [4.78, 5) is 13.9. The molecule has 2 atom stereocenters. The molecular weight excluding hydrogens is 260 g/mol. The van der Waals surface area contributed by atoms with Crippen molar-refractivity contribution < 1.29 is 19.0 Å². The van der Waals surface area contributed by atoms with Gasteiger partial charge in [-0.3, -0.25) is 4.79 Å². The Morgan fingerprint density at radius 2 is 1.75 bits per heavy atom. The number of rotatable bonds is 6. The maximum Gasteiger partial charge on any atom is 0.225 e. The van der Waals surface area contributed by atoms with E-state index in [1.54, 1.807) is 14.2 Å². The number of piperidine rings is 1. The number of amides is 1. The quantitative estimate of drug-likeness (QED) is 0.746. The Hall–Kier alpha value is -0.690. The smallest absolute Gasteiger partial charge is 0.225 e. The first kappa shape index (κ1) is 15.7. The lowest BCUT2D eigenvalue weighted by Crippen LogP contribution is -2.34. The normalized spacial score (nSPS) is 28.0. The standard InChI is InChI=1S/C14H26N2O4/c1-18-12-9-16(10-13(12)19-2)14(17)5-8-20-11-3-6-15-7-4-11/h11-13,15H,3-10H2,1-2H3. The number of likely N-dealkylation sites (tertiary alicyclic amines) is 1. The molecule has 0 radical (unpaired) electrons. The lowest BCUT2D eigenvalue weighted by atomic mass is 10.1. The highest BCUT2D eigenvalue weighted by atomic mass is 16.5. The molecule has 0 aromatic rings. The van der Waals surface area contributed by atoms with Gasteiger partial charge in [0.05, 0.1) is 19.1 Å². The topological polar surface area (TPSA) is 60.0 Å². The minimum Gasteiger partial charge on any atom is -0.378 e. The summed E-state index contributed by atoms with van der Waals surface area (Å²) in [5.41, 5.74) is 0. The summed E-state index contributed by atoms with van der Waals surface area (Å²) >= 11 is 0. The predicted molar refractivity (Wildman–Crippen MR) is 74.6 cm³/mol. The van der Waals surface area contributed by atoms with E-state index in [-0.39, 0.29) is 18.1 Å². The summed E-state index contributed by atoms with van der Waals surface area (Å²) in [7, 11) is 3.32. The molecule has 2 unspecified atom stereocenters. The molecule has 116 valence electrons. The maximum atomic E-state index is 12.1. The number of carbonyl (C=O) groups excluding carboxylic acids is 1. The van der Waals surface area contributed by atoms with Crippen LogP contribution in [0.25, 0.3) is 0 Å². The summed E-state index contributed by atoms with van der Waals surface area (Å²) in [6.45, 7) is 3.75. The van der Waals surface area contributed by atoms with Gasteiger partial charge in [0.25, 0.3) is 0 Å². The number of hydrogen-bond donors (Lipinski definition) is 1. The molecule has 1 amide bonds. The van der Waals surface area contributed by atoms with Crippen LogP contribution in [0.3, 0.4) is 0 Å². The van der Waals surface area contributed by atoms with Crippen LogP contribution in [-0.4, -0.2) is 76.1 Å². The molecule has 0 aromatic carbocycles. The number of methoxy groups -OCH3 is 2. The van der Waals surface area contributed by atoms with Gasteiger partial charge in [0.1, 0.15) is 12.2 Å². The zero-order valence-electron chi connectivity index (χ0n) is 12.5. The Labute approximate surface area is 120 Å². The monoisotopic (exact) mass is 286 g/mol. The third-order valence-electron chi connectivity index (χ3n) is 4.13. The van der Waals surface area contributed by atoms with Crippen LogP contribution in [0.1, 0.15) is 19.3 Å². The largest absolute Gasteiger partial charge is 0.378 e. The van der Waals surface area contributed by atoms with Crippen LogP contribution in [0.2, 0.25) is 0 Å². The highest BCUT2D eigenvalue weighted by molar-refractivity contribution is 5.76. The highest BCUT2D eigenvalue weighted by Crippen LogP contribution is 2.17. The average molecular weight is 286 g/mol. The SMILES string of the molecule is COC1CN(C(=O)CCOC2CCNCC2)CC1OC. The van der Waals surface area contributed by atoms with Crippen molar-refractivity contribution in [1.29, 1.82) is 0 Å². The second-order valence-electron chi connectivity index (χ2n) is 5.42. The first-order valence-corrected chi connectivity index (χ1v) is 7.40. The molecule has 0 aromatic heterocycles. The van der Waals surface area contributed by atoms with Crippen molar-refractivity contribution in [2.75, 3.05) is 47.0 Å². The van der Waals surface area contributed by atoms with Gasteiger partial charge in [0.15, 0.2) is 0 Å². The zero-order valence-corrected chi connectivity index (χ0v) is 12.5. The lowest BCUT2D eigenvalue weighted by molar-refractivity contribution is -0.132. The Balaban J connectivity index is 1.67. The van der Waals surface area contributed by atoms with Crippen molar-refractivity contribution in [2.45, 2.75) is 37.6 Å². The summed E-state index contributed by atoms with van der Waals surface area (Å²) < 4.78 is 16.4. The highest BCUT2D eigenvalue weighted by Gasteiger charge is 2.35. The van der Waals surface area contributed by atoms with Gasteiger partial charge in [0.2, 0.25) is 5.91 Å². The summed E-state index contributed by atoms with van der Waals surface area (Å²) in [5.74, 6) is 0.125. The molecule has 6 heteroatoms. The number of nitrogens with zero attached hydrogens (tertiary/aromatic N) is 1. The molecule has 2 aliphatic heterocycles. The van der Waals surface area contributed by atoms with Gasteiger partial charge in [-0.25, -0.2) is 0 Å². The van der Waals surface area contributed by atoms with E-state index in [1.165, 1.54) is 0 Å². The second kappa shape index (κ2) is 7.93. The Morgan fingerprint density at radius 3 is 2.30 bits per heavy atom. The lowest BCUT2D eigenvalue weighted by Gasteiger charge is -2.23. The predicted octanol–water partition coefficient (Wildman–Crippen LogP) is 0.0173. The molecule has 2 rings (SSSR count). The molecule has 0 bridgehead atoms. The van der Waals surface area contributed by atoms with Crippen molar-refractivity contribution in [3.05, 3.63) is 0 Å². The van der Waals surface area contributed by atoms with Crippen LogP contribution in [0.5, 0.6) is 0 Å². The first-order valence-electron chi connectivity index (χ1n) is 7.40. The van der Waals surface area contributed by atoms with Gasteiger partial charge >= 0.3 is 0 Å². The van der Waals surface area contributed by atoms with Gasteiger partial charge in [0, 0.05) is 27.3 Å². The van der Waals surface area contributed by atoms with Crippen LogP contribution in [0, 0.1) is 0 Å². The number of hydrogen-bond acceptors (Lipinski definition) is 5. The molecule has 6 nitrogen and oxygen atoms in total. The van der Waals surface area contributed by atoms with Crippen molar-refractivity contribution in [3.63, 3.8) is 0 Å². The number of carbonyl (C=O) groups is 1. The third-order valence-corrected chi connectivity index (χ3v) is 4.13. The fourth-order valence-corrected chi connectivity index (χ4v) is 2.83. The molecule has 2 fully saturated rings. The van der Waals surface area contributed by atoms with Gasteiger partial charge in [-0.15, -0.1) is 0 Å². The van der Waals surface area contributed by atoms with E-state index >= 15 is 0 Å². The summed E-state index contributed by atoms with van der Waals surface area (Å²) in [6.07, 6.45) is 2.78. The van der Waals surface area contributed by atoms with Crippen LogP contribution in [0.15, 0.2) is 0 Å². The fourth-order valence-electron chi connectivity index (χ4n) is 2.83. The fraction of sp³-hybridized carbons (Fsp3) is 0.929. The van der Waals surface area contributed by atoms with Crippen molar-refractivity contribution in [2.24, 2.45) is 0 Å². The Kier molecular flexibility index (Phi) is 6.22. The van der Waals surface area contributed by atoms with Crippen LogP contribution in [0.4, 0.5) is 0 Å². The molecule has 0 aliphatic carbocycles. The second-order valence-corrected chi connectivity index (χ2v) is 5.42. The molecular formula is C14H26N2O4. The van der Waals surface area contributed by atoms with E-state index in [9.17, 15) is 4.79 Å². The molecule has 2 heterocycles. The van der Waals surface area contributed by atoms with E-state index in [4.69, 9.17) is 14.2 Å². The van der Waals surface area contributed by atoms with Crippen LogP contribution < -0.4 is 5.32 Å². The van der Waals surface area contributed by atoms with Gasteiger partial charge in [-0.1, -0.05) is 0 Å². The van der Waals surface area contributed by atoms with E-state index in [2.05, 4.69) is 5.32 Å². The Morgan fingerprint density at radius 1 is 1.15 bits per heavy atom. The van der Waals surface area contributed by atoms with Crippen LogP contribution >= 0.6 is 0 Å². The summed E-state index contributed by atoms with van der Waals surface area (Å²) in [5, 5.41) is 3.30. The number of ether oxygens (including phenoxy) is 3. The van der Waals surface area contributed by atoms with Crippen molar-refractivity contribution in [3.8, 4) is 0 Å². The maximum absolute atomic E-state index is 12.1. The molecule has 0 saturated carbocycles. The molecule has 20 heavy (non-hydrogen) atoms. The molecule has 2 saturated heterocycles. The van der Waals surface area contributed by atoms with E-state index < -0.39 is 0 Å². The van der Waals surface area contributed by atoms with E-state index in [1.807, 2.05) is 4.90 Å². The van der Waals surface area contributed by atoms with Gasteiger partial charge < -0.3 is 24.4 Å². The zero-order chi connectivity index (χ0) is 14.4. The molecule has 2 aliphatic rings. The van der Waals surface area contributed by atoms with Crippen molar-refractivity contribution >= 4 is 5.91 Å². The van der Waals surface area contributed by atoms with Gasteiger partial charge in [-0.2, -0.15) is 0 Å². The van der Waals surface area contributed by atoms with Crippen LogP contribution in [-0.2, 0) is 19.0 Å². The van der Waals surface area contributed by atoms with E-state index in [0.29, 0.717) is 32.2 Å². The Bertz CT molecular complexity index is 296.